The third kappa shape index (κ3) is 51.7. The number of unbranched alkanes of at least 4 members (excludes halogenated alkanes) is 24. The number of ether oxygens (including phenoxy) is 3. The van der Waals surface area contributed by atoms with E-state index in [9.17, 15) is 9.59 Å². The van der Waals surface area contributed by atoms with Crippen molar-refractivity contribution in [1.82, 2.24) is 0 Å². The Morgan fingerprint density at radius 2 is 0.703 bits per heavy atom. The Morgan fingerprint density at radius 3 is 1.17 bits per heavy atom. The van der Waals surface area contributed by atoms with Crippen molar-refractivity contribution >= 4 is 11.9 Å². The molecule has 0 aliphatic rings. The lowest BCUT2D eigenvalue weighted by molar-refractivity contribution is -0.163. The Hall–Kier alpha value is -2.92. The molecular weight excluding hydrogens is 789 g/mol. The molecule has 5 nitrogen and oxygen atoms in total. The van der Waals surface area contributed by atoms with E-state index >= 15 is 0 Å². The first-order valence-corrected chi connectivity index (χ1v) is 27.1. The second-order valence-electron chi connectivity index (χ2n) is 17.7. The molecule has 1 atom stereocenters. The van der Waals surface area contributed by atoms with Crippen molar-refractivity contribution < 1.29 is 23.8 Å². The summed E-state index contributed by atoms with van der Waals surface area (Å²) in [4.78, 5) is 25.5. The summed E-state index contributed by atoms with van der Waals surface area (Å²) in [5.74, 6) is -0.435. The van der Waals surface area contributed by atoms with Crippen LogP contribution in [0.25, 0.3) is 0 Å². The number of allylic oxidation sites excluding steroid dienone is 14. The van der Waals surface area contributed by atoms with E-state index in [0.29, 0.717) is 19.4 Å². The molecule has 0 aromatic heterocycles. The van der Waals surface area contributed by atoms with E-state index in [2.05, 4.69) is 106 Å². The van der Waals surface area contributed by atoms with Crippen LogP contribution in [0.4, 0.5) is 0 Å². The summed E-state index contributed by atoms with van der Waals surface area (Å²) in [6, 6.07) is 0. The largest absolute Gasteiger partial charge is 0.462 e. The van der Waals surface area contributed by atoms with E-state index in [0.717, 1.165) is 96.3 Å². The maximum Gasteiger partial charge on any atom is 0.306 e. The van der Waals surface area contributed by atoms with Crippen molar-refractivity contribution in [2.75, 3.05) is 19.8 Å². The van der Waals surface area contributed by atoms with Gasteiger partial charge in [0.25, 0.3) is 0 Å². The lowest BCUT2D eigenvalue weighted by atomic mass is 10.1. The predicted molar refractivity (Wildman–Crippen MR) is 279 cm³/mol. The molecule has 0 saturated heterocycles. The van der Waals surface area contributed by atoms with Crippen LogP contribution in [-0.2, 0) is 23.8 Å². The molecular formula is C59H102O5. The van der Waals surface area contributed by atoms with Gasteiger partial charge in [0.1, 0.15) is 6.61 Å². The molecule has 0 bridgehead atoms. The second-order valence-corrected chi connectivity index (χ2v) is 17.7. The van der Waals surface area contributed by atoms with Crippen LogP contribution in [-0.4, -0.2) is 37.9 Å². The van der Waals surface area contributed by atoms with Gasteiger partial charge in [0.2, 0.25) is 0 Å². The van der Waals surface area contributed by atoms with Gasteiger partial charge in [-0.25, -0.2) is 0 Å². The average molecular weight is 891 g/mol. The van der Waals surface area contributed by atoms with Crippen molar-refractivity contribution in [3.8, 4) is 0 Å². The number of rotatable bonds is 49. The van der Waals surface area contributed by atoms with Gasteiger partial charge in [0, 0.05) is 19.4 Å². The molecule has 0 aromatic rings. The Kier molecular flexibility index (Phi) is 51.9. The average Bonchev–Trinajstić information content (AvgIpc) is 3.30. The summed E-state index contributed by atoms with van der Waals surface area (Å²) < 4.78 is 17.4. The minimum atomic E-state index is -0.557. The smallest absolute Gasteiger partial charge is 0.306 e. The van der Waals surface area contributed by atoms with Crippen molar-refractivity contribution in [3.63, 3.8) is 0 Å². The Labute approximate surface area is 397 Å². The van der Waals surface area contributed by atoms with Crippen molar-refractivity contribution in [2.24, 2.45) is 0 Å². The fraction of sp³-hybridized carbons (Fsp3) is 0.729. The van der Waals surface area contributed by atoms with Gasteiger partial charge in [-0.3, -0.25) is 9.59 Å². The van der Waals surface area contributed by atoms with E-state index in [1.165, 1.54) is 122 Å². The van der Waals surface area contributed by atoms with Crippen molar-refractivity contribution in [3.05, 3.63) is 85.1 Å². The van der Waals surface area contributed by atoms with Crippen molar-refractivity contribution in [1.29, 1.82) is 0 Å². The normalized spacial score (nSPS) is 12.9. The fourth-order valence-electron chi connectivity index (χ4n) is 7.35. The molecule has 0 N–H and O–H groups in total. The van der Waals surface area contributed by atoms with Gasteiger partial charge in [-0.15, -0.1) is 0 Å². The van der Waals surface area contributed by atoms with Gasteiger partial charge in [-0.05, 0) is 116 Å². The lowest BCUT2D eigenvalue weighted by Gasteiger charge is -2.18. The zero-order valence-corrected chi connectivity index (χ0v) is 42.3. The first-order valence-electron chi connectivity index (χ1n) is 27.1. The third-order valence-electron chi connectivity index (χ3n) is 11.4. The maximum atomic E-state index is 12.8. The van der Waals surface area contributed by atoms with Gasteiger partial charge < -0.3 is 14.2 Å². The molecule has 0 heterocycles. The highest BCUT2D eigenvalue weighted by atomic mass is 16.6. The van der Waals surface area contributed by atoms with Gasteiger partial charge in [-0.1, -0.05) is 209 Å². The van der Waals surface area contributed by atoms with Gasteiger partial charge in [0.05, 0.1) is 6.61 Å². The van der Waals surface area contributed by atoms with Crippen molar-refractivity contribution in [2.45, 2.75) is 258 Å². The summed E-state index contributed by atoms with van der Waals surface area (Å²) in [5, 5.41) is 0. The van der Waals surface area contributed by atoms with Crippen LogP contribution in [0.3, 0.4) is 0 Å². The molecule has 0 spiro atoms. The minimum Gasteiger partial charge on any atom is -0.462 e. The fourth-order valence-corrected chi connectivity index (χ4v) is 7.35. The molecule has 64 heavy (non-hydrogen) atoms. The number of carbonyl (C=O) groups is 2. The summed E-state index contributed by atoms with van der Waals surface area (Å²) in [6.45, 7) is 7.64. The summed E-state index contributed by atoms with van der Waals surface area (Å²) in [6.07, 6.45) is 71.6. The highest BCUT2D eigenvalue weighted by molar-refractivity contribution is 5.70. The highest BCUT2D eigenvalue weighted by Crippen LogP contribution is 2.14. The van der Waals surface area contributed by atoms with Gasteiger partial charge in [-0.2, -0.15) is 0 Å². The van der Waals surface area contributed by atoms with Crippen LogP contribution < -0.4 is 0 Å². The molecule has 0 saturated carbocycles. The van der Waals surface area contributed by atoms with E-state index in [1.807, 2.05) is 0 Å². The molecule has 0 aliphatic heterocycles. The van der Waals surface area contributed by atoms with E-state index in [-0.39, 0.29) is 25.2 Å². The highest BCUT2D eigenvalue weighted by Gasteiger charge is 2.17. The zero-order chi connectivity index (χ0) is 46.3. The zero-order valence-electron chi connectivity index (χ0n) is 42.3. The number of hydrogen-bond acceptors (Lipinski definition) is 5. The molecule has 0 aromatic carbocycles. The van der Waals surface area contributed by atoms with Crippen LogP contribution in [0.1, 0.15) is 252 Å². The molecule has 5 heteroatoms. The van der Waals surface area contributed by atoms with E-state index in [4.69, 9.17) is 14.2 Å². The van der Waals surface area contributed by atoms with Crippen LogP contribution in [0.5, 0.6) is 0 Å². The third-order valence-corrected chi connectivity index (χ3v) is 11.4. The summed E-state index contributed by atoms with van der Waals surface area (Å²) in [7, 11) is 0. The summed E-state index contributed by atoms with van der Waals surface area (Å²) >= 11 is 0. The predicted octanol–water partition coefficient (Wildman–Crippen LogP) is 18.5. The van der Waals surface area contributed by atoms with Crippen LogP contribution in [0.2, 0.25) is 0 Å². The lowest BCUT2D eigenvalue weighted by Crippen LogP contribution is -2.30. The minimum absolute atomic E-state index is 0.0640. The Balaban J connectivity index is 4.34. The molecule has 0 amide bonds. The van der Waals surface area contributed by atoms with E-state index in [1.54, 1.807) is 0 Å². The SMILES string of the molecule is CC/C=C\C/C=C\C/C=C\C/C=C\CCCCCCC(=O)OCC(COCCCCCCCC/C=C\CCCCCC)OC(=O)CCCCCCCCC/C=C\C/C=C\CCCCC. The molecule has 0 fully saturated rings. The van der Waals surface area contributed by atoms with Crippen LogP contribution >= 0.6 is 0 Å². The standard InChI is InChI=1S/C59H102O5/c1-4-7-10-13-16-19-22-25-28-30-32-34-37-40-43-46-49-52-58(60)63-56-57(55-62-54-51-48-45-42-39-36-27-24-21-18-15-12-9-6-3)64-59(61)53-50-47-44-41-38-35-33-31-29-26-23-20-17-14-11-8-5-2/h7,10,16-17,19-21,24-26,28-29,32,34,57H,4-6,8-9,11-15,18,22-23,27,30-31,33,35-56H2,1-3H3/b10-7-,19-16-,20-17-,24-21-,28-25-,29-26-,34-32-. The second kappa shape index (κ2) is 54.4. The molecule has 0 radical (unpaired) electrons. The first-order chi connectivity index (χ1) is 31.6. The van der Waals surface area contributed by atoms with Gasteiger partial charge >= 0.3 is 11.9 Å². The summed E-state index contributed by atoms with van der Waals surface area (Å²) in [5.41, 5.74) is 0. The monoisotopic (exact) mass is 891 g/mol. The molecule has 0 rings (SSSR count). The Bertz CT molecular complexity index is 1190. The topological polar surface area (TPSA) is 61.8 Å². The van der Waals surface area contributed by atoms with Crippen LogP contribution in [0.15, 0.2) is 85.1 Å². The number of carbonyl (C=O) groups excluding carboxylic acids is 2. The first kappa shape index (κ1) is 61.1. The molecule has 0 aliphatic carbocycles. The van der Waals surface area contributed by atoms with Gasteiger partial charge in [0.15, 0.2) is 6.10 Å². The quantitative estimate of drug-likeness (QED) is 0.0346. The van der Waals surface area contributed by atoms with Crippen LogP contribution in [0, 0.1) is 0 Å². The molecule has 1 unspecified atom stereocenters. The number of esters is 2. The molecule has 368 valence electrons. The van der Waals surface area contributed by atoms with E-state index < -0.39 is 6.10 Å². The maximum absolute atomic E-state index is 12.8. The number of hydrogen-bond donors (Lipinski definition) is 0. The Morgan fingerprint density at radius 1 is 0.359 bits per heavy atom.